The highest BCUT2D eigenvalue weighted by molar-refractivity contribution is 7.17. The Kier molecular flexibility index (Phi) is 5.39. The first-order valence-corrected chi connectivity index (χ1v) is 10.7. The van der Waals surface area contributed by atoms with E-state index in [0.717, 1.165) is 16.9 Å². The van der Waals surface area contributed by atoms with Gasteiger partial charge in [0.05, 0.1) is 17.7 Å². The predicted molar refractivity (Wildman–Crippen MR) is 118 cm³/mol. The Balaban J connectivity index is 1.58. The van der Waals surface area contributed by atoms with Gasteiger partial charge in [-0.15, -0.1) is 11.3 Å². The predicted octanol–water partition coefficient (Wildman–Crippen LogP) is 5.56. The average molecular weight is 408 g/mol. The molecule has 0 bridgehead atoms. The highest BCUT2D eigenvalue weighted by atomic mass is 32.1. The van der Waals surface area contributed by atoms with E-state index in [9.17, 15) is 4.79 Å². The van der Waals surface area contributed by atoms with Gasteiger partial charge in [0, 0.05) is 17.5 Å². The molecule has 6 heteroatoms. The Morgan fingerprint density at radius 3 is 2.59 bits per heavy atom. The Bertz CT molecular complexity index is 1160. The Hall–Kier alpha value is -2.70. The number of furan rings is 1. The second-order valence-corrected chi connectivity index (χ2v) is 8.60. The lowest BCUT2D eigenvalue weighted by Crippen LogP contribution is -2.25. The van der Waals surface area contributed by atoms with Gasteiger partial charge in [-0.25, -0.2) is 4.98 Å². The number of benzene rings is 1. The van der Waals surface area contributed by atoms with E-state index in [2.05, 4.69) is 54.9 Å². The lowest BCUT2D eigenvalue weighted by molar-refractivity contribution is 0.244. The maximum atomic E-state index is 12.8. The number of rotatable bonds is 6. The topological polar surface area (TPSA) is 62.1 Å². The molecule has 0 aliphatic rings. The summed E-state index contributed by atoms with van der Waals surface area (Å²) in [5, 5.41) is 2.52. The third kappa shape index (κ3) is 3.91. The second-order valence-electron chi connectivity index (χ2n) is 7.75. The van der Waals surface area contributed by atoms with Crippen molar-refractivity contribution in [2.45, 2.75) is 39.3 Å². The number of fused-ring (bicyclic) bond motifs is 1. The largest absolute Gasteiger partial charge is 0.464 e. The van der Waals surface area contributed by atoms with E-state index < -0.39 is 0 Å². The van der Waals surface area contributed by atoms with E-state index in [1.54, 1.807) is 6.26 Å². The van der Waals surface area contributed by atoms with Gasteiger partial charge in [0.15, 0.2) is 0 Å². The fraction of sp³-hybridized carbons (Fsp3) is 0.304. The number of nitrogens with zero attached hydrogens (tertiary/aromatic N) is 2. The van der Waals surface area contributed by atoms with Crippen LogP contribution in [0.15, 0.2) is 57.3 Å². The van der Waals surface area contributed by atoms with Gasteiger partial charge in [0.1, 0.15) is 16.4 Å². The molecule has 4 aromatic rings. The number of aromatic nitrogens is 2. The molecule has 0 radical (unpaired) electrons. The van der Waals surface area contributed by atoms with Gasteiger partial charge < -0.3 is 9.40 Å². The number of hydrogen-bond donors (Lipinski definition) is 1. The molecule has 0 spiro atoms. The van der Waals surface area contributed by atoms with Crippen LogP contribution in [-0.4, -0.2) is 21.9 Å². The summed E-state index contributed by atoms with van der Waals surface area (Å²) >= 11 is 1.47. The lowest BCUT2D eigenvalue weighted by atomic mass is 10.0. The molecule has 150 valence electrons. The molecule has 1 atom stereocenters. The molecular formula is C23H25N3O2S. The minimum Gasteiger partial charge on any atom is -0.464 e. The Morgan fingerprint density at radius 2 is 1.93 bits per heavy atom. The molecule has 0 amide bonds. The second kappa shape index (κ2) is 7.97. The van der Waals surface area contributed by atoms with Gasteiger partial charge in [0.25, 0.3) is 5.56 Å². The molecular weight excluding hydrogens is 382 g/mol. The summed E-state index contributed by atoms with van der Waals surface area (Å²) in [6, 6.07) is 12.4. The van der Waals surface area contributed by atoms with Crippen LogP contribution in [0.25, 0.3) is 21.5 Å². The molecule has 0 saturated heterocycles. The van der Waals surface area contributed by atoms with Crippen LogP contribution in [0.3, 0.4) is 0 Å². The summed E-state index contributed by atoms with van der Waals surface area (Å²) < 4.78 is 5.46. The smallest absolute Gasteiger partial charge is 0.260 e. The Morgan fingerprint density at radius 1 is 1.17 bits per heavy atom. The summed E-state index contributed by atoms with van der Waals surface area (Å²) in [5.74, 6) is 1.89. The van der Waals surface area contributed by atoms with Crippen LogP contribution < -0.4 is 5.56 Å². The van der Waals surface area contributed by atoms with Crippen molar-refractivity contribution in [1.82, 2.24) is 14.9 Å². The van der Waals surface area contributed by atoms with Gasteiger partial charge in [-0.3, -0.25) is 9.69 Å². The first-order chi connectivity index (χ1) is 13.9. The molecule has 29 heavy (non-hydrogen) atoms. The van der Waals surface area contributed by atoms with Crippen LogP contribution in [0.5, 0.6) is 0 Å². The molecule has 0 fully saturated rings. The molecule has 3 aromatic heterocycles. The number of aromatic amines is 1. The third-order valence-electron chi connectivity index (χ3n) is 5.38. The van der Waals surface area contributed by atoms with Crippen molar-refractivity contribution < 1.29 is 4.42 Å². The lowest BCUT2D eigenvalue weighted by Gasteiger charge is -2.24. The molecule has 3 heterocycles. The minimum atomic E-state index is -0.126. The summed E-state index contributed by atoms with van der Waals surface area (Å²) in [6.07, 6.45) is 1.61. The average Bonchev–Trinajstić information content (AvgIpc) is 3.37. The SMILES string of the molecule is CC(C)c1ccc(CN(C)[C@H](C)c2nc3scc(-c4ccco4)c3c(=O)[nH]2)cc1. The maximum absolute atomic E-state index is 12.8. The van der Waals surface area contributed by atoms with Crippen LogP contribution in [0.1, 0.15) is 49.7 Å². The summed E-state index contributed by atoms with van der Waals surface area (Å²) in [6.45, 7) is 7.24. The molecule has 0 unspecified atom stereocenters. The first kappa shape index (κ1) is 19.6. The third-order valence-corrected chi connectivity index (χ3v) is 6.26. The first-order valence-electron chi connectivity index (χ1n) is 9.78. The van der Waals surface area contributed by atoms with Crippen molar-refractivity contribution in [2.75, 3.05) is 7.05 Å². The molecule has 1 aromatic carbocycles. The van der Waals surface area contributed by atoms with Crippen molar-refractivity contribution in [3.63, 3.8) is 0 Å². The molecule has 5 nitrogen and oxygen atoms in total. The minimum absolute atomic E-state index is 0.0222. The number of thiophene rings is 1. The van der Waals surface area contributed by atoms with Gasteiger partial charge >= 0.3 is 0 Å². The Labute approximate surface area is 174 Å². The van der Waals surface area contributed by atoms with Crippen molar-refractivity contribution in [3.8, 4) is 11.3 Å². The zero-order chi connectivity index (χ0) is 20.5. The summed E-state index contributed by atoms with van der Waals surface area (Å²) in [5.41, 5.74) is 3.25. The summed E-state index contributed by atoms with van der Waals surface area (Å²) in [4.78, 5) is 23.5. The van der Waals surface area contributed by atoms with Gasteiger partial charge in [0.2, 0.25) is 0 Å². The van der Waals surface area contributed by atoms with E-state index in [1.807, 2.05) is 24.6 Å². The van der Waals surface area contributed by atoms with Crippen molar-refractivity contribution in [3.05, 3.63) is 75.3 Å². The number of hydrogen-bond acceptors (Lipinski definition) is 5. The van der Waals surface area contributed by atoms with E-state index in [-0.39, 0.29) is 11.6 Å². The summed E-state index contributed by atoms with van der Waals surface area (Å²) in [7, 11) is 2.05. The van der Waals surface area contributed by atoms with Crippen LogP contribution in [-0.2, 0) is 6.54 Å². The van der Waals surface area contributed by atoms with Crippen LogP contribution in [0.2, 0.25) is 0 Å². The zero-order valence-corrected chi connectivity index (χ0v) is 17.9. The molecule has 1 N–H and O–H groups in total. The molecule has 4 rings (SSSR count). The van der Waals surface area contributed by atoms with E-state index in [0.29, 0.717) is 22.9 Å². The van der Waals surface area contributed by atoms with Crippen molar-refractivity contribution in [1.29, 1.82) is 0 Å². The highest BCUT2D eigenvalue weighted by Crippen LogP contribution is 2.31. The molecule has 0 aliphatic carbocycles. The van der Waals surface area contributed by atoms with E-state index in [4.69, 9.17) is 9.40 Å². The standard InChI is InChI=1S/C23H25N3O2S/c1-14(2)17-9-7-16(8-10-17)12-26(4)15(3)21-24-22(27)20-18(13-29-23(20)25-21)19-6-5-11-28-19/h5-11,13-15H,12H2,1-4H3,(H,24,25,27)/t15-/m1/s1. The molecule has 0 saturated carbocycles. The van der Waals surface area contributed by atoms with Crippen molar-refractivity contribution in [2.24, 2.45) is 0 Å². The van der Waals surface area contributed by atoms with Crippen LogP contribution >= 0.6 is 11.3 Å². The van der Waals surface area contributed by atoms with Crippen LogP contribution in [0, 0.1) is 0 Å². The zero-order valence-electron chi connectivity index (χ0n) is 17.1. The quantitative estimate of drug-likeness (QED) is 0.454. The highest BCUT2D eigenvalue weighted by Gasteiger charge is 2.19. The van der Waals surface area contributed by atoms with Crippen LogP contribution in [0.4, 0.5) is 0 Å². The number of nitrogens with one attached hydrogen (secondary N) is 1. The fourth-order valence-corrected chi connectivity index (χ4v) is 4.35. The number of H-pyrrole nitrogens is 1. The van der Waals surface area contributed by atoms with Gasteiger partial charge in [-0.05, 0) is 43.1 Å². The normalized spacial score (nSPS) is 12.9. The monoisotopic (exact) mass is 407 g/mol. The van der Waals surface area contributed by atoms with E-state index in [1.165, 1.54) is 22.5 Å². The maximum Gasteiger partial charge on any atom is 0.260 e. The fourth-order valence-electron chi connectivity index (χ4n) is 3.42. The van der Waals surface area contributed by atoms with E-state index >= 15 is 0 Å². The van der Waals surface area contributed by atoms with Gasteiger partial charge in [-0.1, -0.05) is 38.1 Å². The van der Waals surface area contributed by atoms with Crippen molar-refractivity contribution >= 4 is 21.6 Å². The van der Waals surface area contributed by atoms with Gasteiger partial charge in [-0.2, -0.15) is 0 Å². The molecule has 0 aliphatic heterocycles.